The minimum Gasteiger partial charge on any atom is -0.305 e. The molecule has 0 aromatic carbocycles. The van der Waals surface area contributed by atoms with Crippen molar-refractivity contribution in [3.8, 4) is 0 Å². The summed E-state index contributed by atoms with van der Waals surface area (Å²) < 4.78 is 38.9. The van der Waals surface area contributed by atoms with Gasteiger partial charge in [0.15, 0.2) is 0 Å². The molecule has 1 aliphatic heterocycles. The van der Waals surface area contributed by atoms with E-state index in [1.165, 1.54) is 4.57 Å². The van der Waals surface area contributed by atoms with Gasteiger partial charge in [-0.1, -0.05) is 0 Å². The predicted octanol–water partition coefficient (Wildman–Crippen LogP) is 1.52. The minimum absolute atomic E-state index is 0.190. The molecule has 0 spiro atoms. The van der Waals surface area contributed by atoms with Crippen LogP contribution in [0.5, 0.6) is 0 Å². The lowest BCUT2D eigenvalue weighted by molar-refractivity contribution is -0.148. The van der Waals surface area contributed by atoms with Crippen LogP contribution in [0.3, 0.4) is 0 Å². The minimum atomic E-state index is -4.43. The Morgan fingerprint density at radius 2 is 2.00 bits per heavy atom. The Morgan fingerprint density at radius 3 is 2.60 bits per heavy atom. The van der Waals surface area contributed by atoms with E-state index in [9.17, 15) is 13.2 Å². The first-order chi connectivity index (χ1) is 6.91. The Morgan fingerprint density at radius 1 is 1.33 bits per heavy atom. The normalized spacial score (nSPS) is 26.5. The number of fused-ring (bicyclic) bond motifs is 1. The van der Waals surface area contributed by atoms with Crippen molar-refractivity contribution in [3.05, 3.63) is 11.6 Å². The van der Waals surface area contributed by atoms with E-state index in [1.54, 1.807) is 13.8 Å². The molecule has 0 aliphatic carbocycles. The zero-order chi connectivity index (χ0) is 11.2. The molecule has 1 N–H and O–H groups in total. The quantitative estimate of drug-likeness (QED) is 0.720. The third-order valence-corrected chi connectivity index (χ3v) is 2.52. The van der Waals surface area contributed by atoms with Crippen LogP contribution in [0, 0.1) is 0 Å². The summed E-state index contributed by atoms with van der Waals surface area (Å²) in [4.78, 5) is 0. The van der Waals surface area contributed by atoms with E-state index < -0.39 is 12.0 Å². The predicted molar refractivity (Wildman–Crippen MR) is 46.2 cm³/mol. The highest BCUT2D eigenvalue weighted by Gasteiger charge is 2.41. The highest BCUT2D eigenvalue weighted by Crippen LogP contribution is 2.32. The second-order valence-corrected chi connectivity index (χ2v) is 3.73. The van der Waals surface area contributed by atoms with E-state index in [4.69, 9.17) is 0 Å². The lowest BCUT2D eigenvalue weighted by Gasteiger charge is -2.28. The van der Waals surface area contributed by atoms with Gasteiger partial charge in [0.25, 0.3) is 0 Å². The molecular formula is C8H11F3N4. The standard InChI is InChI=1S/C8H11F3N4/c1-4-3-12-5(2)6-13-14-7(15(4)6)8(9,10)11/h4-5,12H,3H2,1-2H3/t4-,5+/m1/s1. The number of nitrogens with zero attached hydrogens (tertiary/aromatic N) is 3. The van der Waals surface area contributed by atoms with Crippen LogP contribution in [-0.4, -0.2) is 21.3 Å². The fourth-order valence-corrected chi connectivity index (χ4v) is 1.76. The molecule has 0 amide bonds. The molecule has 15 heavy (non-hydrogen) atoms. The SMILES string of the molecule is C[C@@H]1NC[C@@H](C)n2c1nnc2C(F)(F)F. The Labute approximate surface area is 84.5 Å². The van der Waals surface area contributed by atoms with E-state index in [0.29, 0.717) is 12.4 Å². The number of rotatable bonds is 0. The van der Waals surface area contributed by atoms with Gasteiger partial charge in [-0.2, -0.15) is 13.2 Å². The zero-order valence-electron chi connectivity index (χ0n) is 8.34. The van der Waals surface area contributed by atoms with Gasteiger partial charge in [0.05, 0.1) is 6.04 Å². The lowest BCUT2D eigenvalue weighted by atomic mass is 10.2. The Balaban J connectivity index is 2.53. The molecule has 7 heteroatoms. The molecule has 0 unspecified atom stereocenters. The van der Waals surface area contributed by atoms with Crippen molar-refractivity contribution in [2.24, 2.45) is 0 Å². The molecular weight excluding hydrogens is 209 g/mol. The van der Waals surface area contributed by atoms with E-state index >= 15 is 0 Å². The molecule has 1 aromatic rings. The van der Waals surface area contributed by atoms with E-state index in [1.807, 2.05) is 0 Å². The molecule has 0 fully saturated rings. The van der Waals surface area contributed by atoms with Crippen LogP contribution < -0.4 is 5.32 Å². The highest BCUT2D eigenvalue weighted by atomic mass is 19.4. The summed E-state index contributed by atoms with van der Waals surface area (Å²) >= 11 is 0. The Hall–Kier alpha value is -1.11. The number of aromatic nitrogens is 3. The molecule has 0 saturated carbocycles. The van der Waals surface area contributed by atoms with Gasteiger partial charge in [-0.05, 0) is 13.8 Å². The van der Waals surface area contributed by atoms with Crippen LogP contribution in [0.4, 0.5) is 13.2 Å². The third-order valence-electron chi connectivity index (χ3n) is 2.52. The fraction of sp³-hybridized carbons (Fsp3) is 0.750. The molecule has 0 bridgehead atoms. The monoisotopic (exact) mass is 220 g/mol. The van der Waals surface area contributed by atoms with Gasteiger partial charge in [0.1, 0.15) is 5.82 Å². The van der Waals surface area contributed by atoms with Gasteiger partial charge >= 0.3 is 6.18 Å². The second-order valence-electron chi connectivity index (χ2n) is 3.73. The van der Waals surface area contributed by atoms with Crippen LogP contribution >= 0.6 is 0 Å². The summed E-state index contributed by atoms with van der Waals surface area (Å²) in [6, 6.07) is -0.465. The van der Waals surface area contributed by atoms with Crippen LogP contribution in [0.25, 0.3) is 0 Å². The molecule has 4 nitrogen and oxygen atoms in total. The molecule has 0 saturated heterocycles. The van der Waals surface area contributed by atoms with Gasteiger partial charge in [-0.25, -0.2) is 0 Å². The molecule has 1 aromatic heterocycles. The summed E-state index contributed by atoms with van der Waals surface area (Å²) in [5.74, 6) is -0.556. The van der Waals surface area contributed by atoms with Gasteiger partial charge in [0, 0.05) is 12.6 Å². The zero-order valence-corrected chi connectivity index (χ0v) is 8.34. The summed E-state index contributed by atoms with van der Waals surface area (Å²) in [7, 11) is 0. The molecule has 2 heterocycles. The number of halogens is 3. The van der Waals surface area contributed by atoms with Gasteiger partial charge in [-0.3, -0.25) is 0 Å². The second kappa shape index (κ2) is 3.19. The van der Waals surface area contributed by atoms with Crippen LogP contribution in [0.15, 0.2) is 0 Å². The van der Waals surface area contributed by atoms with Crippen molar-refractivity contribution < 1.29 is 13.2 Å². The van der Waals surface area contributed by atoms with Crippen LogP contribution in [-0.2, 0) is 6.18 Å². The maximum absolute atomic E-state index is 12.6. The summed E-state index contributed by atoms with van der Waals surface area (Å²) in [6.45, 7) is 3.98. The smallest absolute Gasteiger partial charge is 0.305 e. The maximum atomic E-state index is 12.6. The molecule has 2 atom stereocenters. The van der Waals surface area contributed by atoms with Crippen LogP contribution in [0.2, 0.25) is 0 Å². The Kier molecular flexibility index (Phi) is 2.22. The molecule has 0 radical (unpaired) electrons. The first-order valence-electron chi connectivity index (χ1n) is 4.66. The summed E-state index contributed by atoms with van der Waals surface area (Å²) in [6.07, 6.45) is -4.43. The van der Waals surface area contributed by atoms with Crippen molar-refractivity contribution in [3.63, 3.8) is 0 Å². The van der Waals surface area contributed by atoms with Crippen molar-refractivity contribution in [2.75, 3.05) is 6.54 Å². The van der Waals surface area contributed by atoms with E-state index in [2.05, 4.69) is 15.5 Å². The Bertz CT molecular complexity index is 370. The number of hydrogen-bond acceptors (Lipinski definition) is 3. The fourth-order valence-electron chi connectivity index (χ4n) is 1.76. The van der Waals surface area contributed by atoms with Gasteiger partial charge in [-0.15, -0.1) is 10.2 Å². The van der Waals surface area contributed by atoms with Crippen molar-refractivity contribution in [1.82, 2.24) is 20.1 Å². The number of nitrogens with one attached hydrogen (secondary N) is 1. The van der Waals surface area contributed by atoms with Gasteiger partial charge in [0.2, 0.25) is 5.82 Å². The summed E-state index contributed by atoms with van der Waals surface area (Å²) in [5.41, 5.74) is 0. The average Bonchev–Trinajstić information content (AvgIpc) is 2.55. The molecule has 84 valence electrons. The van der Waals surface area contributed by atoms with Crippen LogP contribution in [0.1, 0.15) is 37.6 Å². The van der Waals surface area contributed by atoms with Crippen molar-refractivity contribution >= 4 is 0 Å². The van der Waals surface area contributed by atoms with Crippen molar-refractivity contribution in [2.45, 2.75) is 32.1 Å². The van der Waals surface area contributed by atoms with E-state index in [-0.39, 0.29) is 12.1 Å². The first kappa shape index (κ1) is 10.4. The lowest BCUT2D eigenvalue weighted by Crippen LogP contribution is -2.36. The first-order valence-corrected chi connectivity index (χ1v) is 4.66. The topological polar surface area (TPSA) is 42.7 Å². The largest absolute Gasteiger partial charge is 0.451 e. The third kappa shape index (κ3) is 1.60. The average molecular weight is 220 g/mol. The van der Waals surface area contributed by atoms with Crippen molar-refractivity contribution in [1.29, 1.82) is 0 Å². The highest BCUT2D eigenvalue weighted by molar-refractivity contribution is 5.08. The number of hydrogen-bond donors (Lipinski definition) is 1. The van der Waals surface area contributed by atoms with E-state index in [0.717, 1.165) is 0 Å². The molecule has 1 aliphatic rings. The molecule has 2 rings (SSSR count). The maximum Gasteiger partial charge on any atom is 0.451 e. The number of alkyl halides is 3. The van der Waals surface area contributed by atoms with Gasteiger partial charge < -0.3 is 9.88 Å². The summed E-state index contributed by atoms with van der Waals surface area (Å²) in [5, 5.41) is 9.86.